The van der Waals surface area contributed by atoms with Crippen LogP contribution in [0.25, 0.3) is 11.4 Å². The molecule has 0 saturated carbocycles. The zero-order valence-corrected chi connectivity index (χ0v) is 18.4. The van der Waals surface area contributed by atoms with Crippen LogP contribution in [-0.4, -0.2) is 56.3 Å². The van der Waals surface area contributed by atoms with Gasteiger partial charge < -0.3 is 15.4 Å². The summed E-state index contributed by atoms with van der Waals surface area (Å²) in [6.07, 6.45) is 2.42. The highest BCUT2D eigenvalue weighted by molar-refractivity contribution is 8.01. The number of rotatable bonds is 8. The smallest absolute Gasteiger partial charge is 0.234 e. The summed E-state index contributed by atoms with van der Waals surface area (Å²) in [5, 5.41) is 22.3. The molecule has 3 heterocycles. The first kappa shape index (κ1) is 20.8. The average molecular weight is 446 g/mol. The van der Waals surface area contributed by atoms with Crippen molar-refractivity contribution >= 4 is 39.8 Å². The molecule has 1 aliphatic heterocycles. The Labute approximate surface area is 182 Å². The lowest BCUT2D eigenvalue weighted by molar-refractivity contribution is -0.113. The summed E-state index contributed by atoms with van der Waals surface area (Å²) in [7, 11) is 0. The van der Waals surface area contributed by atoms with Crippen LogP contribution in [0.2, 0.25) is 0 Å². The molecule has 0 bridgehead atoms. The fourth-order valence-corrected chi connectivity index (χ4v) is 4.64. The molecule has 0 radical (unpaired) electrons. The van der Waals surface area contributed by atoms with Gasteiger partial charge in [0, 0.05) is 18.7 Å². The molecule has 0 spiro atoms. The molecule has 2 aromatic heterocycles. The lowest BCUT2D eigenvalue weighted by atomic mass is 10.1. The number of hydrogen-bond acceptors (Lipinski definition) is 9. The molecule has 9 nitrogen and oxygen atoms in total. The first-order valence-electron chi connectivity index (χ1n) is 9.68. The van der Waals surface area contributed by atoms with Crippen molar-refractivity contribution in [1.29, 1.82) is 0 Å². The number of hydrogen-bond donors (Lipinski definition) is 3. The number of aromatic amines is 1. The Hall–Kier alpha value is -2.50. The predicted molar refractivity (Wildman–Crippen MR) is 118 cm³/mol. The van der Waals surface area contributed by atoms with Gasteiger partial charge in [-0.2, -0.15) is 5.10 Å². The van der Waals surface area contributed by atoms with Crippen LogP contribution in [0.15, 0.2) is 22.5 Å². The first-order valence-corrected chi connectivity index (χ1v) is 11.5. The van der Waals surface area contributed by atoms with Crippen LogP contribution in [-0.2, 0) is 9.53 Å². The Morgan fingerprint density at radius 2 is 2.27 bits per heavy atom. The Morgan fingerprint density at radius 1 is 1.37 bits per heavy atom. The number of amides is 1. The van der Waals surface area contributed by atoms with Gasteiger partial charge in [0.05, 0.1) is 17.5 Å². The van der Waals surface area contributed by atoms with Crippen LogP contribution >= 0.6 is 23.1 Å². The van der Waals surface area contributed by atoms with E-state index in [-0.39, 0.29) is 17.8 Å². The molecule has 1 amide bonds. The number of carbonyl (C=O) groups excluding carboxylic acids is 1. The zero-order valence-electron chi connectivity index (χ0n) is 16.8. The maximum absolute atomic E-state index is 12.5. The Bertz CT molecular complexity index is 1010. The molecule has 30 heavy (non-hydrogen) atoms. The summed E-state index contributed by atoms with van der Waals surface area (Å²) < 4.78 is 6.34. The maximum atomic E-state index is 12.5. The zero-order chi connectivity index (χ0) is 20.9. The van der Waals surface area contributed by atoms with E-state index in [9.17, 15) is 4.79 Å². The number of carbonyl (C=O) groups is 1. The van der Waals surface area contributed by atoms with Gasteiger partial charge in [-0.1, -0.05) is 29.2 Å². The monoisotopic (exact) mass is 445 g/mol. The molecular formula is C19H23N7O2S2. The van der Waals surface area contributed by atoms with E-state index in [0.29, 0.717) is 11.5 Å². The Kier molecular flexibility index (Phi) is 6.60. The SMILES string of the molecule is Cc1ccc(-c2n[nH]c(C)n2)c(NC(=O)CSc2nnc(NCC3CCCO3)s2)c1. The van der Waals surface area contributed by atoms with Gasteiger partial charge in [0.1, 0.15) is 5.82 Å². The minimum atomic E-state index is -0.122. The molecule has 11 heteroatoms. The molecule has 1 atom stereocenters. The third-order valence-corrected chi connectivity index (χ3v) is 6.54. The molecule has 1 unspecified atom stereocenters. The summed E-state index contributed by atoms with van der Waals surface area (Å²) in [6, 6.07) is 5.80. The van der Waals surface area contributed by atoms with Crippen molar-refractivity contribution in [3.8, 4) is 11.4 Å². The number of nitrogens with zero attached hydrogens (tertiary/aromatic N) is 4. The minimum absolute atomic E-state index is 0.122. The minimum Gasteiger partial charge on any atom is -0.376 e. The van der Waals surface area contributed by atoms with E-state index < -0.39 is 0 Å². The molecule has 1 aliphatic rings. The van der Waals surface area contributed by atoms with Crippen LogP contribution in [0.1, 0.15) is 24.2 Å². The standard InChI is InChI=1S/C19H23N7O2S2/c1-11-5-6-14(17-21-12(2)23-24-17)15(8-11)22-16(27)10-29-19-26-25-18(30-19)20-9-13-4-3-7-28-13/h5-6,8,13H,3-4,7,9-10H2,1-2H3,(H,20,25)(H,22,27)(H,21,23,24). The van der Waals surface area contributed by atoms with Gasteiger partial charge in [-0.25, -0.2) is 4.98 Å². The van der Waals surface area contributed by atoms with Gasteiger partial charge in [-0.05, 0) is 44.4 Å². The Morgan fingerprint density at radius 3 is 3.03 bits per heavy atom. The van der Waals surface area contributed by atoms with Crippen LogP contribution in [0.4, 0.5) is 10.8 Å². The molecule has 1 saturated heterocycles. The van der Waals surface area contributed by atoms with Crippen molar-refractivity contribution in [1.82, 2.24) is 25.4 Å². The van der Waals surface area contributed by atoms with Gasteiger partial charge in [-0.3, -0.25) is 9.89 Å². The highest BCUT2D eigenvalue weighted by atomic mass is 32.2. The topological polar surface area (TPSA) is 118 Å². The number of nitrogens with one attached hydrogen (secondary N) is 3. The van der Waals surface area contributed by atoms with Gasteiger partial charge in [0.15, 0.2) is 10.2 Å². The van der Waals surface area contributed by atoms with E-state index in [1.54, 1.807) is 0 Å². The third kappa shape index (κ3) is 5.35. The van der Waals surface area contributed by atoms with Gasteiger partial charge in [0.25, 0.3) is 0 Å². The van der Waals surface area contributed by atoms with E-state index in [4.69, 9.17) is 4.74 Å². The lowest BCUT2D eigenvalue weighted by Crippen LogP contribution is -2.18. The van der Waals surface area contributed by atoms with Crippen molar-refractivity contribution < 1.29 is 9.53 Å². The van der Waals surface area contributed by atoms with Crippen molar-refractivity contribution in [3.05, 3.63) is 29.6 Å². The summed E-state index contributed by atoms with van der Waals surface area (Å²) in [4.78, 5) is 16.9. The molecule has 3 aromatic rings. The van der Waals surface area contributed by atoms with Crippen LogP contribution in [0.5, 0.6) is 0 Å². The van der Waals surface area contributed by atoms with E-state index >= 15 is 0 Å². The number of H-pyrrole nitrogens is 1. The van der Waals surface area contributed by atoms with Crippen LogP contribution in [0.3, 0.4) is 0 Å². The van der Waals surface area contributed by atoms with E-state index in [2.05, 4.69) is 36.0 Å². The summed E-state index contributed by atoms with van der Waals surface area (Å²) >= 11 is 2.80. The molecule has 0 aliphatic carbocycles. The average Bonchev–Trinajstić information content (AvgIpc) is 3.47. The van der Waals surface area contributed by atoms with E-state index in [1.165, 1.54) is 23.1 Å². The van der Waals surface area contributed by atoms with Crippen molar-refractivity contribution in [2.45, 2.75) is 37.1 Å². The van der Waals surface area contributed by atoms with Crippen LogP contribution in [0, 0.1) is 13.8 Å². The molecule has 3 N–H and O–H groups in total. The second-order valence-corrected chi connectivity index (χ2v) is 9.22. The van der Waals surface area contributed by atoms with Crippen molar-refractivity contribution in [2.24, 2.45) is 0 Å². The highest BCUT2D eigenvalue weighted by Crippen LogP contribution is 2.28. The summed E-state index contributed by atoms with van der Waals surface area (Å²) in [5.74, 6) is 1.39. The number of benzene rings is 1. The number of aryl methyl sites for hydroxylation is 2. The quantitative estimate of drug-likeness (QED) is 0.452. The molecular weight excluding hydrogens is 422 g/mol. The van der Waals surface area contributed by atoms with Gasteiger partial charge >= 0.3 is 0 Å². The summed E-state index contributed by atoms with van der Waals surface area (Å²) in [5.41, 5.74) is 2.51. The third-order valence-electron chi connectivity index (χ3n) is 4.53. The number of aromatic nitrogens is 5. The highest BCUT2D eigenvalue weighted by Gasteiger charge is 2.17. The molecule has 158 valence electrons. The lowest BCUT2D eigenvalue weighted by Gasteiger charge is -2.10. The van der Waals surface area contributed by atoms with E-state index in [1.807, 2.05) is 32.0 Å². The fourth-order valence-electron chi connectivity index (χ4n) is 3.08. The van der Waals surface area contributed by atoms with Gasteiger partial charge in [0.2, 0.25) is 11.0 Å². The van der Waals surface area contributed by atoms with Crippen molar-refractivity contribution in [2.75, 3.05) is 29.5 Å². The van der Waals surface area contributed by atoms with Gasteiger partial charge in [-0.15, -0.1) is 10.2 Å². The number of anilines is 2. The predicted octanol–water partition coefficient (Wildman–Crippen LogP) is 3.26. The number of ether oxygens (including phenoxy) is 1. The first-order chi connectivity index (χ1) is 14.6. The second-order valence-electron chi connectivity index (χ2n) is 7.02. The second kappa shape index (κ2) is 9.54. The van der Waals surface area contributed by atoms with E-state index in [0.717, 1.165) is 52.4 Å². The molecule has 1 aromatic carbocycles. The summed E-state index contributed by atoms with van der Waals surface area (Å²) in [6.45, 7) is 5.38. The maximum Gasteiger partial charge on any atom is 0.234 e. The van der Waals surface area contributed by atoms with Crippen molar-refractivity contribution in [3.63, 3.8) is 0 Å². The number of thioether (sulfide) groups is 1. The fraction of sp³-hybridized carbons (Fsp3) is 0.421. The Balaban J connectivity index is 1.32. The van der Waals surface area contributed by atoms with Crippen LogP contribution < -0.4 is 10.6 Å². The molecule has 4 rings (SSSR count). The largest absolute Gasteiger partial charge is 0.376 e. The normalized spacial score (nSPS) is 16.0. The molecule has 1 fully saturated rings.